The summed E-state index contributed by atoms with van der Waals surface area (Å²) in [4.78, 5) is 32.8. The Morgan fingerprint density at radius 1 is 0.620 bits per heavy atom. The van der Waals surface area contributed by atoms with E-state index in [-0.39, 0.29) is 47.9 Å². The maximum atomic E-state index is 12.5. The molecule has 0 unspecified atom stereocenters. The molecule has 0 saturated heterocycles. The molecular formula is C36H36F4N4O6. The van der Waals surface area contributed by atoms with Crippen LogP contribution in [0.5, 0.6) is 23.0 Å². The molecule has 10 nitrogen and oxygen atoms in total. The average molecular weight is 697 g/mol. The third-order valence-electron chi connectivity index (χ3n) is 7.50. The Labute approximate surface area is 286 Å². The predicted octanol–water partition coefficient (Wildman–Crippen LogP) is 6.80. The average Bonchev–Trinajstić information content (AvgIpc) is 4.06. The lowest BCUT2D eigenvalue weighted by Crippen LogP contribution is -2.23. The Morgan fingerprint density at radius 2 is 1.04 bits per heavy atom. The van der Waals surface area contributed by atoms with Gasteiger partial charge in [0.2, 0.25) is 0 Å². The number of carbonyl (C=O) groups is 2. The summed E-state index contributed by atoms with van der Waals surface area (Å²) in [6.07, 6.45) is 7.54. The summed E-state index contributed by atoms with van der Waals surface area (Å²) in [5.41, 5.74) is 2.06. The minimum atomic E-state index is -2.95. The molecule has 4 aromatic rings. The summed E-state index contributed by atoms with van der Waals surface area (Å²) in [6, 6.07) is 19.2. The van der Waals surface area contributed by atoms with E-state index in [0.717, 1.165) is 37.1 Å². The Balaban J connectivity index is 0.000000194. The van der Waals surface area contributed by atoms with E-state index in [4.69, 9.17) is 9.47 Å². The highest BCUT2D eigenvalue weighted by molar-refractivity contribution is 5.95. The number of nitrogens with zero attached hydrogens (tertiary/aromatic N) is 2. The number of nitrogens with one attached hydrogen (secondary N) is 2. The number of aromatic nitrogens is 2. The van der Waals surface area contributed by atoms with Crippen LogP contribution in [-0.4, -0.2) is 48.2 Å². The zero-order valence-electron chi connectivity index (χ0n) is 26.9. The first-order valence-electron chi connectivity index (χ1n) is 16.0. The van der Waals surface area contributed by atoms with Gasteiger partial charge in [0.25, 0.3) is 11.8 Å². The van der Waals surface area contributed by atoms with Crippen molar-refractivity contribution in [3.05, 3.63) is 108 Å². The highest BCUT2D eigenvalue weighted by Crippen LogP contribution is 2.35. The molecule has 6 rings (SSSR count). The minimum absolute atomic E-state index is 0.0723. The number of hydrogen-bond donors (Lipinski definition) is 2. The minimum Gasteiger partial charge on any atom is -0.489 e. The maximum absolute atomic E-state index is 12.5. The lowest BCUT2D eigenvalue weighted by molar-refractivity contribution is -0.0521. The molecule has 2 amide bonds. The van der Waals surface area contributed by atoms with Gasteiger partial charge in [-0.15, -0.1) is 0 Å². The van der Waals surface area contributed by atoms with E-state index in [1.54, 1.807) is 36.7 Å². The molecule has 0 atom stereocenters. The molecule has 264 valence electrons. The third kappa shape index (κ3) is 11.9. The SMILES string of the molecule is O=C(NCc1ccccn1)c1ccc(OC(F)F)c(OCC2CC2)c1.O=C(NCc1ccccn1)c1ccc(OC(F)F)c(OCC2CC2)c1. The van der Waals surface area contributed by atoms with Crippen LogP contribution in [0.2, 0.25) is 0 Å². The fraction of sp³-hybridized carbons (Fsp3) is 0.333. The van der Waals surface area contributed by atoms with Gasteiger partial charge in [-0.25, -0.2) is 0 Å². The van der Waals surface area contributed by atoms with Crippen molar-refractivity contribution in [1.29, 1.82) is 0 Å². The van der Waals surface area contributed by atoms with Crippen molar-refractivity contribution in [3.63, 3.8) is 0 Å². The van der Waals surface area contributed by atoms with Crippen LogP contribution in [0.25, 0.3) is 0 Å². The van der Waals surface area contributed by atoms with Gasteiger partial charge in [-0.3, -0.25) is 19.6 Å². The zero-order chi connectivity index (χ0) is 35.3. The first kappa shape index (κ1) is 35.9. The van der Waals surface area contributed by atoms with Gasteiger partial charge in [0, 0.05) is 23.5 Å². The number of carbonyl (C=O) groups excluding carboxylic acids is 2. The highest BCUT2D eigenvalue weighted by Gasteiger charge is 2.25. The van der Waals surface area contributed by atoms with E-state index in [2.05, 4.69) is 30.1 Å². The molecule has 0 aliphatic heterocycles. The number of benzene rings is 2. The number of hydrogen-bond acceptors (Lipinski definition) is 8. The Hall–Kier alpha value is -5.40. The van der Waals surface area contributed by atoms with Crippen LogP contribution < -0.4 is 29.6 Å². The van der Waals surface area contributed by atoms with Crippen LogP contribution in [0.4, 0.5) is 17.6 Å². The first-order valence-corrected chi connectivity index (χ1v) is 16.0. The summed E-state index contributed by atoms with van der Waals surface area (Å²) >= 11 is 0. The van der Waals surface area contributed by atoms with Gasteiger partial charge in [0.1, 0.15) is 0 Å². The molecule has 2 aliphatic carbocycles. The quantitative estimate of drug-likeness (QED) is 0.123. The molecule has 0 radical (unpaired) electrons. The van der Waals surface area contributed by atoms with Gasteiger partial charge in [0.05, 0.1) is 37.7 Å². The summed E-state index contributed by atoms with van der Waals surface area (Å²) in [5, 5.41) is 5.47. The van der Waals surface area contributed by atoms with Crippen LogP contribution in [0, 0.1) is 11.8 Å². The third-order valence-corrected chi connectivity index (χ3v) is 7.50. The molecular weight excluding hydrogens is 660 g/mol. The standard InChI is InChI=1S/2C18H18F2N2O3/c2*19-18(20)25-15-7-6-13(9-16(15)24-11-12-4-5-12)17(23)22-10-14-3-1-2-8-21-14/h2*1-3,6-9,12,18H,4-5,10-11H2,(H,22,23). The van der Waals surface area contributed by atoms with Crippen molar-refractivity contribution < 1.29 is 46.1 Å². The zero-order valence-corrected chi connectivity index (χ0v) is 26.9. The van der Waals surface area contributed by atoms with Crippen molar-refractivity contribution >= 4 is 11.8 Å². The molecule has 2 aromatic heterocycles. The fourth-order valence-corrected chi connectivity index (χ4v) is 4.45. The van der Waals surface area contributed by atoms with E-state index in [1.807, 2.05) is 12.1 Å². The number of pyridine rings is 2. The molecule has 2 aliphatic rings. The summed E-state index contributed by atoms with van der Waals surface area (Å²) in [7, 11) is 0. The topological polar surface area (TPSA) is 121 Å². The van der Waals surface area contributed by atoms with Crippen LogP contribution in [0.1, 0.15) is 57.8 Å². The van der Waals surface area contributed by atoms with Crippen molar-refractivity contribution in [2.45, 2.75) is 52.0 Å². The fourth-order valence-electron chi connectivity index (χ4n) is 4.45. The predicted molar refractivity (Wildman–Crippen MR) is 173 cm³/mol. The van der Waals surface area contributed by atoms with Crippen LogP contribution in [0.15, 0.2) is 85.2 Å². The van der Waals surface area contributed by atoms with Crippen LogP contribution >= 0.6 is 0 Å². The van der Waals surface area contributed by atoms with Gasteiger partial charge in [-0.2, -0.15) is 17.6 Å². The highest BCUT2D eigenvalue weighted by atomic mass is 19.3. The van der Waals surface area contributed by atoms with Gasteiger partial charge < -0.3 is 29.6 Å². The molecule has 50 heavy (non-hydrogen) atoms. The first-order chi connectivity index (χ1) is 24.2. The summed E-state index contributed by atoms with van der Waals surface area (Å²) in [6.45, 7) is -4.50. The van der Waals surface area contributed by atoms with Crippen molar-refractivity contribution in [2.75, 3.05) is 13.2 Å². The van der Waals surface area contributed by atoms with E-state index in [9.17, 15) is 27.2 Å². The lowest BCUT2D eigenvalue weighted by atomic mass is 10.2. The normalized spacial score (nSPS) is 13.6. The number of halogens is 4. The molecule has 2 fully saturated rings. The van der Waals surface area contributed by atoms with E-state index in [0.29, 0.717) is 36.2 Å². The second-order valence-corrected chi connectivity index (χ2v) is 11.6. The maximum Gasteiger partial charge on any atom is 0.387 e. The smallest absolute Gasteiger partial charge is 0.387 e. The summed E-state index contributed by atoms with van der Waals surface area (Å²) < 4.78 is 70.1. The van der Waals surface area contributed by atoms with Gasteiger partial charge in [-0.05, 0) is 98.2 Å². The van der Waals surface area contributed by atoms with Crippen LogP contribution in [-0.2, 0) is 13.1 Å². The van der Waals surface area contributed by atoms with E-state index >= 15 is 0 Å². The van der Waals surface area contributed by atoms with E-state index in [1.165, 1.54) is 36.4 Å². The van der Waals surface area contributed by atoms with E-state index < -0.39 is 13.2 Å². The second-order valence-electron chi connectivity index (χ2n) is 11.6. The molecule has 14 heteroatoms. The molecule has 2 saturated carbocycles. The molecule has 2 aromatic carbocycles. The van der Waals surface area contributed by atoms with Gasteiger partial charge >= 0.3 is 13.2 Å². The molecule has 0 bridgehead atoms. The monoisotopic (exact) mass is 696 g/mol. The number of amides is 2. The molecule has 2 heterocycles. The lowest BCUT2D eigenvalue weighted by Gasteiger charge is -2.13. The number of alkyl halides is 4. The van der Waals surface area contributed by atoms with Crippen molar-refractivity contribution in [1.82, 2.24) is 20.6 Å². The largest absolute Gasteiger partial charge is 0.489 e. The number of rotatable bonds is 16. The van der Waals surface area contributed by atoms with Gasteiger partial charge in [-0.1, -0.05) is 12.1 Å². The Morgan fingerprint density at radius 3 is 1.38 bits per heavy atom. The summed E-state index contributed by atoms with van der Waals surface area (Å²) in [5.74, 6) is 0.363. The van der Waals surface area contributed by atoms with Crippen LogP contribution in [0.3, 0.4) is 0 Å². The molecule has 2 N–H and O–H groups in total. The number of ether oxygens (including phenoxy) is 4. The van der Waals surface area contributed by atoms with Crippen molar-refractivity contribution in [3.8, 4) is 23.0 Å². The second kappa shape index (κ2) is 17.8. The van der Waals surface area contributed by atoms with Crippen molar-refractivity contribution in [2.24, 2.45) is 11.8 Å². The molecule has 0 spiro atoms. The Bertz CT molecular complexity index is 1570. The van der Waals surface area contributed by atoms with Gasteiger partial charge in [0.15, 0.2) is 23.0 Å². The Kier molecular flexibility index (Phi) is 12.8.